The van der Waals surface area contributed by atoms with Gasteiger partial charge in [-0.1, -0.05) is 12.2 Å². The highest BCUT2D eigenvalue weighted by molar-refractivity contribution is 5.52. The Kier molecular flexibility index (Phi) is 3.31. The predicted octanol–water partition coefficient (Wildman–Crippen LogP) is 2.36. The van der Waals surface area contributed by atoms with Crippen LogP contribution in [0.3, 0.4) is 0 Å². The maximum Gasteiger partial charge on any atom is 0.269 e. The maximum absolute atomic E-state index is 10.5. The molecule has 4 heteroatoms. The Hall–Kier alpha value is -1.68. The van der Waals surface area contributed by atoms with E-state index in [9.17, 15) is 10.1 Å². The van der Waals surface area contributed by atoms with Crippen LogP contribution in [0.25, 0.3) is 6.08 Å². The number of nitrogens with one attached hydrogen (secondary N) is 1. The molecule has 1 N–H and O–H groups in total. The Morgan fingerprint density at radius 3 is 2.69 bits per heavy atom. The minimum absolute atomic E-state index is 0.135. The summed E-state index contributed by atoms with van der Waals surface area (Å²) in [7, 11) is 0. The summed E-state index contributed by atoms with van der Waals surface area (Å²) < 4.78 is 0. The highest BCUT2D eigenvalue weighted by Crippen LogP contribution is 2.14. The molecule has 0 radical (unpaired) electrons. The molecule has 1 aliphatic rings. The Morgan fingerprint density at radius 2 is 2.12 bits per heavy atom. The van der Waals surface area contributed by atoms with Gasteiger partial charge in [-0.3, -0.25) is 10.1 Å². The molecule has 1 fully saturated rings. The van der Waals surface area contributed by atoms with Gasteiger partial charge in [0.1, 0.15) is 0 Å². The minimum atomic E-state index is -0.383. The lowest BCUT2D eigenvalue weighted by Crippen LogP contribution is -2.17. The zero-order valence-corrected chi connectivity index (χ0v) is 8.93. The highest BCUT2D eigenvalue weighted by Gasteiger charge is 2.09. The number of nitro benzene ring substituents is 1. The molecule has 1 aromatic carbocycles. The number of hydrogen-bond acceptors (Lipinski definition) is 3. The lowest BCUT2D eigenvalue weighted by Gasteiger charge is -2.01. The van der Waals surface area contributed by atoms with Crippen molar-refractivity contribution in [3.05, 3.63) is 46.0 Å². The summed E-state index contributed by atoms with van der Waals surface area (Å²) in [6.07, 6.45) is 6.51. The third-order valence-electron chi connectivity index (χ3n) is 2.72. The fourth-order valence-electron chi connectivity index (χ4n) is 1.81. The van der Waals surface area contributed by atoms with Crippen molar-refractivity contribution in [1.82, 2.24) is 5.32 Å². The van der Waals surface area contributed by atoms with Crippen LogP contribution >= 0.6 is 0 Å². The summed E-state index contributed by atoms with van der Waals surface area (Å²) in [6, 6.07) is 7.05. The number of hydrogen-bond donors (Lipinski definition) is 1. The first-order valence-electron chi connectivity index (χ1n) is 5.42. The molecule has 0 aliphatic carbocycles. The van der Waals surface area contributed by atoms with E-state index in [0.29, 0.717) is 6.04 Å². The Labute approximate surface area is 94.1 Å². The molecular formula is C12H14N2O2. The van der Waals surface area contributed by atoms with Crippen LogP contribution in [-0.4, -0.2) is 17.5 Å². The molecular weight excluding hydrogens is 204 g/mol. The van der Waals surface area contributed by atoms with Gasteiger partial charge in [0.25, 0.3) is 5.69 Å². The van der Waals surface area contributed by atoms with Crippen molar-refractivity contribution in [1.29, 1.82) is 0 Å². The van der Waals surface area contributed by atoms with E-state index in [1.54, 1.807) is 12.1 Å². The van der Waals surface area contributed by atoms with Gasteiger partial charge in [-0.2, -0.15) is 0 Å². The first kappa shape index (κ1) is 10.8. The fraction of sp³-hybridized carbons (Fsp3) is 0.333. The van der Waals surface area contributed by atoms with E-state index in [4.69, 9.17) is 0 Å². The van der Waals surface area contributed by atoms with Gasteiger partial charge >= 0.3 is 0 Å². The third kappa shape index (κ3) is 2.67. The van der Waals surface area contributed by atoms with E-state index in [0.717, 1.165) is 12.1 Å². The topological polar surface area (TPSA) is 55.2 Å². The molecule has 1 saturated heterocycles. The van der Waals surface area contributed by atoms with E-state index in [1.807, 2.05) is 6.08 Å². The monoisotopic (exact) mass is 218 g/mol. The van der Waals surface area contributed by atoms with Gasteiger partial charge in [0, 0.05) is 18.2 Å². The van der Waals surface area contributed by atoms with Crippen LogP contribution < -0.4 is 5.32 Å². The smallest absolute Gasteiger partial charge is 0.269 e. The van der Waals surface area contributed by atoms with E-state index in [-0.39, 0.29) is 10.6 Å². The van der Waals surface area contributed by atoms with Crippen molar-refractivity contribution >= 4 is 11.8 Å². The summed E-state index contributed by atoms with van der Waals surface area (Å²) in [5, 5.41) is 13.8. The molecule has 1 heterocycles. The predicted molar refractivity (Wildman–Crippen MR) is 63.2 cm³/mol. The lowest BCUT2D eigenvalue weighted by molar-refractivity contribution is -0.384. The fourth-order valence-corrected chi connectivity index (χ4v) is 1.81. The van der Waals surface area contributed by atoms with Crippen LogP contribution in [0.2, 0.25) is 0 Å². The largest absolute Gasteiger partial charge is 0.311 e. The Bertz CT molecular complexity index is 392. The zero-order valence-electron chi connectivity index (χ0n) is 8.93. The van der Waals surface area contributed by atoms with Gasteiger partial charge in [-0.05, 0) is 37.1 Å². The molecule has 1 unspecified atom stereocenters. The van der Waals surface area contributed by atoms with Crippen LogP contribution in [0.4, 0.5) is 5.69 Å². The van der Waals surface area contributed by atoms with Crippen molar-refractivity contribution in [3.63, 3.8) is 0 Å². The first-order valence-corrected chi connectivity index (χ1v) is 5.42. The molecule has 0 amide bonds. The molecule has 0 bridgehead atoms. The SMILES string of the molecule is O=[N+]([O-])c1ccc(/C=C/C2CCCN2)cc1. The standard InChI is InChI=1S/C12H14N2O2/c15-14(16)12-7-4-10(5-8-12)3-6-11-2-1-9-13-11/h3-8,11,13H,1-2,9H2/b6-3+. The molecule has 1 aliphatic heterocycles. The van der Waals surface area contributed by atoms with Crippen LogP contribution in [0.15, 0.2) is 30.3 Å². The summed E-state index contributed by atoms with van der Waals surface area (Å²) >= 11 is 0. The third-order valence-corrected chi connectivity index (χ3v) is 2.72. The number of benzene rings is 1. The van der Waals surface area contributed by atoms with Gasteiger partial charge < -0.3 is 5.32 Å². The second-order valence-corrected chi connectivity index (χ2v) is 3.91. The molecule has 0 aromatic heterocycles. The Morgan fingerprint density at radius 1 is 1.38 bits per heavy atom. The van der Waals surface area contributed by atoms with Crippen LogP contribution in [0.5, 0.6) is 0 Å². The summed E-state index contributed by atoms with van der Waals surface area (Å²) in [5.74, 6) is 0. The van der Waals surface area contributed by atoms with E-state index >= 15 is 0 Å². The van der Waals surface area contributed by atoms with Gasteiger partial charge in [-0.15, -0.1) is 0 Å². The van der Waals surface area contributed by atoms with Crippen molar-refractivity contribution in [2.75, 3.05) is 6.54 Å². The van der Waals surface area contributed by atoms with Gasteiger partial charge in [-0.25, -0.2) is 0 Å². The summed E-state index contributed by atoms with van der Waals surface area (Å²) in [5.41, 5.74) is 1.13. The van der Waals surface area contributed by atoms with Crippen LogP contribution in [0.1, 0.15) is 18.4 Å². The average Bonchev–Trinajstić information content (AvgIpc) is 2.80. The van der Waals surface area contributed by atoms with Crippen LogP contribution in [-0.2, 0) is 0 Å². The van der Waals surface area contributed by atoms with Gasteiger partial charge in [0.15, 0.2) is 0 Å². The van der Waals surface area contributed by atoms with Crippen LogP contribution in [0, 0.1) is 10.1 Å². The van der Waals surface area contributed by atoms with Crippen molar-refractivity contribution < 1.29 is 4.92 Å². The molecule has 4 nitrogen and oxygen atoms in total. The molecule has 0 saturated carbocycles. The second kappa shape index (κ2) is 4.90. The quantitative estimate of drug-likeness (QED) is 0.626. The minimum Gasteiger partial charge on any atom is -0.311 e. The summed E-state index contributed by atoms with van der Waals surface area (Å²) in [6.45, 7) is 1.08. The number of nitrogens with zero attached hydrogens (tertiary/aromatic N) is 1. The summed E-state index contributed by atoms with van der Waals surface area (Å²) in [4.78, 5) is 10.1. The van der Waals surface area contributed by atoms with Gasteiger partial charge in [0.05, 0.1) is 4.92 Å². The number of rotatable bonds is 3. The second-order valence-electron chi connectivity index (χ2n) is 3.91. The molecule has 1 aromatic rings. The molecule has 16 heavy (non-hydrogen) atoms. The normalized spacial score (nSPS) is 20.4. The van der Waals surface area contributed by atoms with Gasteiger partial charge in [0.2, 0.25) is 0 Å². The molecule has 1 atom stereocenters. The first-order chi connectivity index (χ1) is 7.75. The molecule has 84 valence electrons. The maximum atomic E-state index is 10.5. The van der Waals surface area contributed by atoms with E-state index < -0.39 is 0 Å². The number of nitro groups is 1. The van der Waals surface area contributed by atoms with Crippen molar-refractivity contribution in [2.24, 2.45) is 0 Å². The van der Waals surface area contributed by atoms with E-state index in [2.05, 4.69) is 11.4 Å². The molecule has 0 spiro atoms. The van der Waals surface area contributed by atoms with Crippen molar-refractivity contribution in [2.45, 2.75) is 18.9 Å². The molecule has 2 rings (SSSR count). The zero-order chi connectivity index (χ0) is 11.4. The van der Waals surface area contributed by atoms with E-state index in [1.165, 1.54) is 25.0 Å². The average molecular weight is 218 g/mol. The Balaban J connectivity index is 2.01. The number of non-ortho nitro benzene ring substituents is 1. The highest BCUT2D eigenvalue weighted by atomic mass is 16.6. The lowest BCUT2D eigenvalue weighted by atomic mass is 10.1. The van der Waals surface area contributed by atoms with Crippen molar-refractivity contribution in [3.8, 4) is 0 Å².